The van der Waals surface area contributed by atoms with Crippen LogP contribution in [0.25, 0.3) is 44.6 Å². The van der Waals surface area contributed by atoms with Crippen LogP contribution in [0.1, 0.15) is 18.1 Å². The highest BCUT2D eigenvalue weighted by Gasteiger charge is 2.21. The van der Waals surface area contributed by atoms with Crippen LogP contribution in [0.15, 0.2) is 94.7 Å². The molecule has 6 nitrogen and oxygen atoms in total. The molecular formula is C30H27N3O3. The molecule has 2 aromatic carbocycles. The molecule has 0 spiro atoms. The predicted molar refractivity (Wildman–Crippen MR) is 145 cm³/mol. The number of aryl methyl sites for hydroxylation is 2. The maximum atomic E-state index is 12.1. The monoisotopic (exact) mass is 477 g/mol. The van der Waals surface area contributed by atoms with E-state index >= 15 is 0 Å². The van der Waals surface area contributed by atoms with Crippen LogP contribution in [0.3, 0.4) is 0 Å². The third-order valence-electron chi connectivity index (χ3n) is 6.23. The predicted octanol–water partition coefficient (Wildman–Crippen LogP) is 6.88. The zero-order valence-electron chi connectivity index (χ0n) is 20.4. The van der Waals surface area contributed by atoms with Gasteiger partial charge in [-0.25, -0.2) is 4.98 Å². The van der Waals surface area contributed by atoms with Gasteiger partial charge in [-0.2, -0.15) is 0 Å². The van der Waals surface area contributed by atoms with Crippen molar-refractivity contribution in [2.24, 2.45) is 0 Å². The zero-order valence-corrected chi connectivity index (χ0v) is 20.4. The van der Waals surface area contributed by atoms with E-state index in [1.165, 1.54) is 6.07 Å². The molecule has 2 N–H and O–H groups in total. The van der Waals surface area contributed by atoms with Gasteiger partial charge in [-0.1, -0.05) is 62.6 Å². The van der Waals surface area contributed by atoms with Gasteiger partial charge in [-0.05, 0) is 42.7 Å². The number of hydrogen-bond acceptors (Lipinski definition) is 4. The smallest absolute Gasteiger partial charge is 0.264 e. The first-order valence-electron chi connectivity index (χ1n) is 11.8. The highest BCUT2D eigenvalue weighted by atomic mass is 16.5. The topological polar surface area (TPSA) is 83.9 Å². The minimum atomic E-state index is -0.214. The van der Waals surface area contributed by atoms with Crippen LogP contribution in [-0.4, -0.2) is 21.8 Å². The number of furan rings is 1. The van der Waals surface area contributed by atoms with Gasteiger partial charge in [0.05, 0.1) is 16.6 Å². The standard InChI is InChI=1S/C30H27N3O3/c1-5-7-10-18(3)17-35-26-14-13-20(6-2)29-28(26)22(23-16-27(34)33-32-23)15-24(31-29)30-19(4)21-11-8-9-12-25(21)36-30/h5,7-16H,1,3,6,17H2,2,4H3,(H2,32,33,34)/b10-7-. The van der Waals surface area contributed by atoms with Gasteiger partial charge < -0.3 is 9.15 Å². The number of para-hydroxylation sites is 1. The van der Waals surface area contributed by atoms with Crippen molar-refractivity contribution in [1.29, 1.82) is 0 Å². The number of nitrogens with zero attached hydrogens (tertiary/aromatic N) is 1. The van der Waals surface area contributed by atoms with Crippen molar-refractivity contribution < 1.29 is 9.15 Å². The highest BCUT2D eigenvalue weighted by Crippen LogP contribution is 2.40. The second-order valence-electron chi connectivity index (χ2n) is 8.62. The molecule has 3 heterocycles. The summed E-state index contributed by atoms with van der Waals surface area (Å²) < 4.78 is 12.5. The molecule has 180 valence electrons. The van der Waals surface area contributed by atoms with Crippen molar-refractivity contribution in [3.63, 3.8) is 0 Å². The summed E-state index contributed by atoms with van der Waals surface area (Å²) >= 11 is 0. The molecule has 0 fully saturated rings. The maximum Gasteiger partial charge on any atom is 0.264 e. The molecule has 0 saturated carbocycles. The normalized spacial score (nSPS) is 11.5. The van der Waals surface area contributed by atoms with E-state index in [-0.39, 0.29) is 5.56 Å². The summed E-state index contributed by atoms with van der Waals surface area (Å²) in [7, 11) is 0. The fraction of sp³-hybridized carbons (Fsp3) is 0.133. The van der Waals surface area contributed by atoms with E-state index < -0.39 is 0 Å². The van der Waals surface area contributed by atoms with Crippen molar-refractivity contribution in [3.05, 3.63) is 107 Å². The largest absolute Gasteiger partial charge is 0.488 e. The molecule has 0 aliphatic heterocycles. The molecular weight excluding hydrogens is 450 g/mol. The van der Waals surface area contributed by atoms with Crippen LogP contribution in [0.5, 0.6) is 5.75 Å². The van der Waals surface area contributed by atoms with Crippen molar-refractivity contribution >= 4 is 21.9 Å². The lowest BCUT2D eigenvalue weighted by atomic mass is 9.98. The van der Waals surface area contributed by atoms with E-state index in [0.717, 1.165) is 50.6 Å². The van der Waals surface area contributed by atoms with Gasteiger partial charge in [-0.3, -0.25) is 15.0 Å². The van der Waals surface area contributed by atoms with E-state index in [1.54, 1.807) is 6.08 Å². The molecule has 0 atom stereocenters. The minimum absolute atomic E-state index is 0.214. The Morgan fingerprint density at radius 2 is 2.00 bits per heavy atom. The van der Waals surface area contributed by atoms with Gasteiger partial charge in [0.25, 0.3) is 5.56 Å². The molecule has 0 saturated heterocycles. The summed E-state index contributed by atoms with van der Waals surface area (Å²) in [4.78, 5) is 17.1. The number of benzene rings is 2. The van der Waals surface area contributed by atoms with Crippen molar-refractivity contribution in [3.8, 4) is 28.5 Å². The molecule has 5 rings (SSSR count). The number of hydrogen-bond donors (Lipinski definition) is 2. The summed E-state index contributed by atoms with van der Waals surface area (Å²) in [5.74, 6) is 1.36. The number of ether oxygens (including phenoxy) is 1. The van der Waals surface area contributed by atoms with E-state index in [0.29, 0.717) is 29.5 Å². The van der Waals surface area contributed by atoms with E-state index in [1.807, 2.05) is 61.5 Å². The molecule has 0 unspecified atom stereocenters. The molecule has 0 amide bonds. The fourth-order valence-corrected chi connectivity index (χ4v) is 4.42. The summed E-state index contributed by atoms with van der Waals surface area (Å²) in [6.45, 7) is 12.2. The van der Waals surface area contributed by atoms with E-state index in [4.69, 9.17) is 14.1 Å². The molecule has 0 aliphatic rings. The van der Waals surface area contributed by atoms with Crippen LogP contribution in [0, 0.1) is 6.92 Å². The summed E-state index contributed by atoms with van der Waals surface area (Å²) in [6, 6.07) is 15.4. The maximum absolute atomic E-state index is 12.1. The summed E-state index contributed by atoms with van der Waals surface area (Å²) in [5, 5.41) is 7.52. The SMILES string of the molecule is C=C/C=C\C(=C)COc1ccc(CC)c2nc(-c3oc4ccccc4c3C)cc(-c3cc(=O)[nH][nH]3)c12. The van der Waals surface area contributed by atoms with Crippen molar-refractivity contribution in [2.75, 3.05) is 6.61 Å². The molecule has 3 aromatic heterocycles. The van der Waals surface area contributed by atoms with Gasteiger partial charge in [0.15, 0.2) is 5.76 Å². The number of allylic oxidation sites excluding steroid dienone is 2. The lowest BCUT2D eigenvalue weighted by Gasteiger charge is -2.16. The molecule has 36 heavy (non-hydrogen) atoms. The Kier molecular flexibility index (Phi) is 6.17. The molecule has 0 radical (unpaired) electrons. The Bertz CT molecular complexity index is 1700. The number of H-pyrrole nitrogens is 2. The number of fused-ring (bicyclic) bond motifs is 2. The molecule has 5 aromatic rings. The summed E-state index contributed by atoms with van der Waals surface area (Å²) in [5.41, 5.74) is 6.42. The van der Waals surface area contributed by atoms with Crippen molar-refractivity contribution in [1.82, 2.24) is 15.2 Å². The first kappa shape index (κ1) is 23.2. The van der Waals surface area contributed by atoms with Gasteiger partial charge in [0, 0.05) is 22.6 Å². The number of rotatable bonds is 8. The third-order valence-corrected chi connectivity index (χ3v) is 6.23. The first-order chi connectivity index (χ1) is 17.5. The van der Waals surface area contributed by atoms with Crippen LogP contribution in [-0.2, 0) is 6.42 Å². The Balaban J connectivity index is 1.76. The van der Waals surface area contributed by atoms with E-state index in [9.17, 15) is 4.79 Å². The highest BCUT2D eigenvalue weighted by molar-refractivity contribution is 6.02. The van der Waals surface area contributed by atoms with Gasteiger partial charge in [-0.15, -0.1) is 0 Å². The number of aromatic amines is 2. The van der Waals surface area contributed by atoms with Crippen LogP contribution >= 0.6 is 0 Å². The quantitative estimate of drug-likeness (QED) is 0.239. The Labute approximate surface area is 208 Å². The number of pyridine rings is 1. The average molecular weight is 478 g/mol. The lowest BCUT2D eigenvalue weighted by Crippen LogP contribution is -2.02. The molecule has 0 aliphatic carbocycles. The molecule has 6 heteroatoms. The van der Waals surface area contributed by atoms with Crippen molar-refractivity contribution in [2.45, 2.75) is 20.3 Å². The van der Waals surface area contributed by atoms with Gasteiger partial charge in [0.2, 0.25) is 0 Å². The summed E-state index contributed by atoms with van der Waals surface area (Å²) in [6.07, 6.45) is 6.16. The number of aromatic nitrogens is 3. The second-order valence-corrected chi connectivity index (χ2v) is 8.62. The van der Waals surface area contributed by atoms with Crippen LogP contribution < -0.4 is 10.3 Å². The fourth-order valence-electron chi connectivity index (χ4n) is 4.42. The Hall–Kier alpha value is -4.58. The minimum Gasteiger partial charge on any atom is -0.488 e. The van der Waals surface area contributed by atoms with E-state index in [2.05, 4.69) is 30.3 Å². The van der Waals surface area contributed by atoms with Gasteiger partial charge >= 0.3 is 0 Å². The number of nitrogens with one attached hydrogen (secondary N) is 2. The first-order valence-corrected chi connectivity index (χ1v) is 11.8. The lowest BCUT2D eigenvalue weighted by molar-refractivity contribution is 0.360. The Morgan fingerprint density at radius 1 is 1.17 bits per heavy atom. The average Bonchev–Trinajstić information content (AvgIpc) is 3.48. The molecule has 0 bridgehead atoms. The third kappa shape index (κ3) is 4.18. The second kappa shape index (κ2) is 9.58. The van der Waals surface area contributed by atoms with Gasteiger partial charge in [0.1, 0.15) is 23.6 Å². The van der Waals surface area contributed by atoms with Crippen LogP contribution in [0.2, 0.25) is 0 Å². The van der Waals surface area contributed by atoms with Crippen LogP contribution in [0.4, 0.5) is 0 Å². The Morgan fingerprint density at radius 3 is 2.72 bits per heavy atom. The zero-order chi connectivity index (χ0) is 25.2.